The number of nitro groups is 1. The zero-order chi connectivity index (χ0) is 14.6. The van der Waals surface area contributed by atoms with Crippen LogP contribution in [0.3, 0.4) is 0 Å². The standard InChI is InChI=1S/C13H18N4O2/c1-9(2)13(3,4)8-16-12-10(6-14)5-11(7-15-12)17(18)19/h5,7,9H,8H2,1-4H3,(H,15,16). The average molecular weight is 262 g/mol. The highest BCUT2D eigenvalue weighted by Gasteiger charge is 2.23. The van der Waals surface area contributed by atoms with Crippen molar-refractivity contribution in [2.75, 3.05) is 11.9 Å². The molecule has 0 aliphatic rings. The number of nitriles is 1. The molecule has 1 aromatic heterocycles. The summed E-state index contributed by atoms with van der Waals surface area (Å²) < 4.78 is 0. The fourth-order valence-corrected chi connectivity index (χ4v) is 1.30. The van der Waals surface area contributed by atoms with Crippen LogP contribution in [0, 0.1) is 32.8 Å². The summed E-state index contributed by atoms with van der Waals surface area (Å²) in [5, 5.41) is 22.7. The molecule has 1 aromatic rings. The van der Waals surface area contributed by atoms with Crippen molar-refractivity contribution < 1.29 is 4.92 Å². The number of hydrogen-bond acceptors (Lipinski definition) is 5. The molecule has 0 saturated heterocycles. The van der Waals surface area contributed by atoms with E-state index in [9.17, 15) is 10.1 Å². The van der Waals surface area contributed by atoms with Crippen molar-refractivity contribution in [2.45, 2.75) is 27.7 Å². The molecule has 0 radical (unpaired) electrons. The first-order valence-electron chi connectivity index (χ1n) is 6.06. The van der Waals surface area contributed by atoms with Gasteiger partial charge in [0.1, 0.15) is 23.6 Å². The maximum absolute atomic E-state index is 10.6. The second-order valence-electron chi connectivity index (χ2n) is 5.46. The molecule has 6 heteroatoms. The van der Waals surface area contributed by atoms with Crippen molar-refractivity contribution in [3.63, 3.8) is 0 Å². The number of rotatable bonds is 5. The molecule has 0 amide bonds. The normalized spacial score (nSPS) is 11.2. The van der Waals surface area contributed by atoms with E-state index in [0.717, 1.165) is 6.20 Å². The minimum atomic E-state index is -0.560. The molecule has 0 fully saturated rings. The molecule has 1 N–H and O–H groups in total. The molecule has 6 nitrogen and oxygen atoms in total. The van der Waals surface area contributed by atoms with Crippen molar-refractivity contribution in [3.05, 3.63) is 27.9 Å². The van der Waals surface area contributed by atoms with E-state index in [1.807, 2.05) is 6.07 Å². The van der Waals surface area contributed by atoms with Crippen LogP contribution < -0.4 is 5.32 Å². The Kier molecular flexibility index (Phi) is 4.43. The summed E-state index contributed by atoms with van der Waals surface area (Å²) in [7, 11) is 0. The van der Waals surface area contributed by atoms with Crippen LogP contribution in [0.1, 0.15) is 33.3 Å². The molecule has 0 saturated carbocycles. The summed E-state index contributed by atoms with van der Waals surface area (Å²) in [6, 6.07) is 3.16. The lowest BCUT2D eigenvalue weighted by Gasteiger charge is -2.29. The number of aromatic nitrogens is 1. The van der Waals surface area contributed by atoms with Crippen LogP contribution in [-0.2, 0) is 0 Å². The predicted octanol–water partition coefficient (Wildman–Crippen LogP) is 2.96. The summed E-state index contributed by atoms with van der Waals surface area (Å²) in [6.45, 7) is 9.11. The molecular formula is C13H18N4O2. The Labute approximate surface area is 112 Å². The predicted molar refractivity (Wildman–Crippen MR) is 72.7 cm³/mol. The van der Waals surface area contributed by atoms with E-state index in [0.29, 0.717) is 18.3 Å². The topological polar surface area (TPSA) is 91.8 Å². The minimum Gasteiger partial charge on any atom is -0.368 e. The monoisotopic (exact) mass is 262 g/mol. The smallest absolute Gasteiger partial charge is 0.289 e. The van der Waals surface area contributed by atoms with E-state index < -0.39 is 4.92 Å². The van der Waals surface area contributed by atoms with Gasteiger partial charge >= 0.3 is 0 Å². The van der Waals surface area contributed by atoms with E-state index >= 15 is 0 Å². The lowest BCUT2D eigenvalue weighted by Crippen LogP contribution is -2.29. The van der Waals surface area contributed by atoms with Gasteiger partial charge in [0.05, 0.1) is 4.92 Å². The van der Waals surface area contributed by atoms with Crippen LogP contribution in [-0.4, -0.2) is 16.5 Å². The second-order valence-corrected chi connectivity index (χ2v) is 5.46. The SMILES string of the molecule is CC(C)C(C)(C)CNc1ncc([N+](=O)[O-])cc1C#N. The van der Waals surface area contributed by atoms with Crippen LogP contribution in [0.25, 0.3) is 0 Å². The fraction of sp³-hybridized carbons (Fsp3) is 0.538. The molecule has 102 valence electrons. The second kappa shape index (κ2) is 5.65. The number of anilines is 1. The first kappa shape index (κ1) is 14.9. The molecule has 0 atom stereocenters. The molecule has 0 aromatic carbocycles. The maximum Gasteiger partial charge on any atom is 0.289 e. The van der Waals surface area contributed by atoms with Gasteiger partial charge in [-0.05, 0) is 11.3 Å². The fourth-order valence-electron chi connectivity index (χ4n) is 1.30. The molecule has 19 heavy (non-hydrogen) atoms. The summed E-state index contributed by atoms with van der Waals surface area (Å²) >= 11 is 0. The van der Waals surface area contributed by atoms with Crippen molar-refractivity contribution in [1.29, 1.82) is 5.26 Å². The van der Waals surface area contributed by atoms with E-state index in [2.05, 4.69) is 38.0 Å². The van der Waals surface area contributed by atoms with Crippen LogP contribution in [0.5, 0.6) is 0 Å². The highest BCUT2D eigenvalue weighted by molar-refractivity contribution is 5.55. The van der Waals surface area contributed by atoms with Crippen molar-refractivity contribution in [1.82, 2.24) is 4.98 Å². The van der Waals surface area contributed by atoms with E-state index in [1.165, 1.54) is 6.07 Å². The van der Waals surface area contributed by atoms with Gasteiger partial charge in [0.2, 0.25) is 0 Å². The molecule has 1 heterocycles. The molecule has 0 aliphatic carbocycles. The van der Waals surface area contributed by atoms with Gasteiger partial charge in [-0.15, -0.1) is 0 Å². The quantitative estimate of drug-likeness (QED) is 0.650. The third-order valence-corrected chi connectivity index (χ3v) is 3.48. The van der Waals surface area contributed by atoms with Gasteiger partial charge in [0, 0.05) is 12.6 Å². The average Bonchev–Trinajstić information content (AvgIpc) is 2.35. The lowest BCUT2D eigenvalue weighted by atomic mass is 9.81. The molecule has 1 rings (SSSR count). The summed E-state index contributed by atoms with van der Waals surface area (Å²) in [4.78, 5) is 14.0. The molecule has 0 unspecified atom stereocenters. The number of pyridine rings is 1. The Hall–Kier alpha value is -2.16. The maximum atomic E-state index is 10.6. The molecular weight excluding hydrogens is 244 g/mol. The van der Waals surface area contributed by atoms with Crippen LogP contribution in [0.4, 0.5) is 11.5 Å². The van der Waals surface area contributed by atoms with Crippen LogP contribution >= 0.6 is 0 Å². The Balaban J connectivity index is 2.91. The zero-order valence-electron chi connectivity index (χ0n) is 11.6. The summed E-state index contributed by atoms with van der Waals surface area (Å²) in [6.07, 6.45) is 1.16. The third kappa shape index (κ3) is 3.65. The molecule has 0 aliphatic heterocycles. The van der Waals surface area contributed by atoms with Gasteiger partial charge < -0.3 is 5.32 Å². The van der Waals surface area contributed by atoms with E-state index in [4.69, 9.17) is 5.26 Å². The number of nitrogens with one attached hydrogen (secondary N) is 1. The van der Waals surface area contributed by atoms with Gasteiger partial charge in [-0.25, -0.2) is 4.98 Å². The minimum absolute atomic E-state index is 0.0379. The van der Waals surface area contributed by atoms with Gasteiger partial charge in [-0.3, -0.25) is 10.1 Å². The third-order valence-electron chi connectivity index (χ3n) is 3.48. The highest BCUT2D eigenvalue weighted by Crippen LogP contribution is 2.27. The number of hydrogen-bond donors (Lipinski definition) is 1. The molecule has 0 spiro atoms. The highest BCUT2D eigenvalue weighted by atomic mass is 16.6. The van der Waals surface area contributed by atoms with E-state index in [1.54, 1.807) is 0 Å². The van der Waals surface area contributed by atoms with Gasteiger partial charge in [0.15, 0.2) is 0 Å². The van der Waals surface area contributed by atoms with Gasteiger partial charge in [0.25, 0.3) is 5.69 Å². The van der Waals surface area contributed by atoms with Crippen LogP contribution in [0.2, 0.25) is 0 Å². The van der Waals surface area contributed by atoms with Crippen molar-refractivity contribution in [2.24, 2.45) is 11.3 Å². The Morgan fingerprint density at radius 3 is 2.68 bits per heavy atom. The first-order valence-corrected chi connectivity index (χ1v) is 6.06. The Bertz CT molecular complexity index is 518. The summed E-state index contributed by atoms with van der Waals surface area (Å²) in [5.74, 6) is 0.852. The van der Waals surface area contributed by atoms with Crippen molar-refractivity contribution >= 4 is 11.5 Å². The lowest BCUT2D eigenvalue weighted by molar-refractivity contribution is -0.385. The largest absolute Gasteiger partial charge is 0.368 e. The zero-order valence-corrected chi connectivity index (χ0v) is 11.6. The van der Waals surface area contributed by atoms with Gasteiger partial charge in [-0.2, -0.15) is 5.26 Å². The van der Waals surface area contributed by atoms with Crippen molar-refractivity contribution in [3.8, 4) is 6.07 Å². The summed E-state index contributed by atoms with van der Waals surface area (Å²) in [5.41, 5.74) is 0.0508. The Morgan fingerprint density at radius 2 is 2.21 bits per heavy atom. The number of nitrogens with zero attached hydrogens (tertiary/aromatic N) is 3. The first-order chi connectivity index (χ1) is 8.77. The Morgan fingerprint density at radius 1 is 1.58 bits per heavy atom. The van der Waals surface area contributed by atoms with Gasteiger partial charge in [-0.1, -0.05) is 27.7 Å². The molecule has 0 bridgehead atoms. The van der Waals surface area contributed by atoms with Crippen LogP contribution in [0.15, 0.2) is 12.3 Å². The van der Waals surface area contributed by atoms with E-state index in [-0.39, 0.29) is 16.7 Å².